The molecule has 0 aliphatic rings. The fourth-order valence-electron chi connectivity index (χ4n) is 1.75. The Bertz CT molecular complexity index is 967. The van der Waals surface area contributed by atoms with Gasteiger partial charge in [-0.3, -0.25) is 8.93 Å². The molecule has 0 radical (unpaired) electrons. The molecule has 1 unspecified atom stereocenters. The summed E-state index contributed by atoms with van der Waals surface area (Å²) in [5.74, 6) is 0. The Morgan fingerprint density at radius 1 is 0.957 bits per heavy atom. The highest BCUT2D eigenvalue weighted by Crippen LogP contribution is 2.20. The molecule has 0 heterocycles. The fourth-order valence-corrected chi connectivity index (χ4v) is 4.00. The third kappa shape index (κ3) is 4.38. The van der Waals surface area contributed by atoms with Crippen molar-refractivity contribution in [1.82, 2.24) is 0 Å². The van der Waals surface area contributed by atoms with Crippen LogP contribution in [0.4, 0.5) is 5.69 Å². The fraction of sp³-hybridized carbons (Fsp3) is 0.0769. The molecule has 0 saturated heterocycles. The third-order valence-electron chi connectivity index (χ3n) is 2.82. The first-order valence-electron chi connectivity index (χ1n) is 6.12. The van der Waals surface area contributed by atoms with E-state index in [2.05, 4.69) is 4.72 Å². The van der Waals surface area contributed by atoms with Gasteiger partial charge in [-0.2, -0.15) is 0 Å². The summed E-state index contributed by atoms with van der Waals surface area (Å²) in [6.45, 7) is 0. The first-order chi connectivity index (χ1) is 10.6. The Labute approximate surface area is 136 Å². The summed E-state index contributed by atoms with van der Waals surface area (Å²) in [4.78, 5) is -0.328. The number of nitrogens with one attached hydrogen (secondary N) is 1. The van der Waals surface area contributed by atoms with Crippen LogP contribution >= 0.6 is 0 Å². The number of hydrogen-bond donors (Lipinski definition) is 1. The molecule has 2 rings (SSSR count). The highest BCUT2D eigenvalue weighted by Gasteiger charge is 2.16. The molecule has 2 aromatic carbocycles. The molecule has 7 nitrogen and oxygen atoms in total. The quantitative estimate of drug-likeness (QED) is 0.783. The Hall–Kier alpha value is -1.75. The second kappa shape index (κ2) is 6.40. The first kappa shape index (κ1) is 17.6. The van der Waals surface area contributed by atoms with Crippen molar-refractivity contribution in [2.75, 3.05) is 11.0 Å². The van der Waals surface area contributed by atoms with Gasteiger partial charge in [0.2, 0.25) is 0 Å². The summed E-state index contributed by atoms with van der Waals surface area (Å²) in [7, 11) is -10.1. The van der Waals surface area contributed by atoms with E-state index in [9.17, 15) is 25.6 Å². The van der Waals surface area contributed by atoms with Crippen LogP contribution in [-0.2, 0) is 30.9 Å². The van der Waals surface area contributed by atoms with Crippen LogP contribution in [0.2, 0.25) is 0 Å². The molecular weight excluding hydrogens is 362 g/mol. The molecular formula is C13H12NO6S3-. The average molecular weight is 374 g/mol. The molecule has 0 spiro atoms. The summed E-state index contributed by atoms with van der Waals surface area (Å²) >= 11 is 0. The monoisotopic (exact) mass is 374 g/mol. The van der Waals surface area contributed by atoms with E-state index in [0.717, 1.165) is 12.1 Å². The highest BCUT2D eigenvalue weighted by atomic mass is 32.2. The van der Waals surface area contributed by atoms with Gasteiger partial charge in [-0.1, -0.05) is 12.1 Å². The van der Waals surface area contributed by atoms with Gasteiger partial charge in [0.1, 0.15) is 10.1 Å². The predicted octanol–water partition coefficient (Wildman–Crippen LogP) is 1.13. The van der Waals surface area contributed by atoms with Crippen molar-refractivity contribution in [3.8, 4) is 0 Å². The molecule has 0 amide bonds. The number of anilines is 1. The van der Waals surface area contributed by atoms with E-state index >= 15 is 0 Å². The lowest BCUT2D eigenvalue weighted by molar-refractivity contribution is 0.463. The van der Waals surface area contributed by atoms with Gasteiger partial charge in [0.15, 0.2) is 0 Å². The van der Waals surface area contributed by atoms with Crippen LogP contribution in [0.15, 0.2) is 63.2 Å². The summed E-state index contributed by atoms with van der Waals surface area (Å²) in [5, 5.41) is 0. The van der Waals surface area contributed by atoms with Gasteiger partial charge in [0, 0.05) is 22.0 Å². The number of rotatable bonds is 5. The van der Waals surface area contributed by atoms with Gasteiger partial charge >= 0.3 is 0 Å². The molecule has 0 bridgehead atoms. The highest BCUT2D eigenvalue weighted by molar-refractivity contribution is 7.92. The minimum Gasteiger partial charge on any atom is -0.744 e. The van der Waals surface area contributed by atoms with E-state index in [1.54, 1.807) is 0 Å². The lowest BCUT2D eigenvalue weighted by Gasteiger charge is -2.11. The molecule has 23 heavy (non-hydrogen) atoms. The second-order valence-electron chi connectivity index (χ2n) is 4.52. The number of sulfonamides is 1. The standard InChI is InChI=1S/C13H13NO6S3/c1-21(15)11-5-3-6-12(9-11)22(16,17)14-10-4-2-7-13(8-10)23(18,19)20/h2-9,14H,1H3,(H,18,19,20)/p-1. The lowest BCUT2D eigenvalue weighted by atomic mass is 10.3. The molecule has 2 aromatic rings. The van der Waals surface area contributed by atoms with Crippen molar-refractivity contribution < 1.29 is 25.6 Å². The van der Waals surface area contributed by atoms with Gasteiger partial charge in [-0.15, -0.1) is 0 Å². The van der Waals surface area contributed by atoms with Crippen LogP contribution in [0.1, 0.15) is 0 Å². The van der Waals surface area contributed by atoms with Crippen molar-refractivity contribution in [2.45, 2.75) is 14.7 Å². The zero-order valence-corrected chi connectivity index (χ0v) is 14.2. The van der Waals surface area contributed by atoms with E-state index in [1.165, 1.54) is 42.7 Å². The van der Waals surface area contributed by atoms with Crippen molar-refractivity contribution >= 4 is 36.6 Å². The molecule has 124 valence electrons. The Morgan fingerprint density at radius 2 is 1.57 bits per heavy atom. The Morgan fingerprint density at radius 3 is 2.17 bits per heavy atom. The van der Waals surface area contributed by atoms with Crippen LogP contribution < -0.4 is 4.72 Å². The predicted molar refractivity (Wildman–Crippen MR) is 84.0 cm³/mol. The van der Waals surface area contributed by atoms with E-state index in [0.29, 0.717) is 4.90 Å². The zero-order valence-electron chi connectivity index (χ0n) is 11.8. The van der Waals surface area contributed by atoms with Crippen molar-refractivity contribution in [2.24, 2.45) is 0 Å². The summed E-state index contributed by atoms with van der Waals surface area (Å²) in [6.07, 6.45) is 1.42. The van der Waals surface area contributed by atoms with Crippen molar-refractivity contribution in [1.29, 1.82) is 0 Å². The molecule has 0 aliphatic heterocycles. The van der Waals surface area contributed by atoms with E-state index in [1.807, 2.05) is 0 Å². The third-order valence-corrected chi connectivity index (χ3v) is 5.95. The summed E-state index contributed by atoms with van der Waals surface area (Å²) in [5.41, 5.74) is -0.0649. The van der Waals surface area contributed by atoms with E-state index in [4.69, 9.17) is 0 Å². The van der Waals surface area contributed by atoms with Crippen LogP contribution in [0.5, 0.6) is 0 Å². The topological polar surface area (TPSA) is 120 Å². The second-order valence-corrected chi connectivity index (χ2v) is 8.96. The maximum Gasteiger partial charge on any atom is 0.261 e. The molecule has 0 aromatic heterocycles. The molecule has 0 fully saturated rings. The van der Waals surface area contributed by atoms with E-state index in [-0.39, 0.29) is 10.6 Å². The van der Waals surface area contributed by atoms with Gasteiger partial charge in [-0.25, -0.2) is 16.8 Å². The SMILES string of the molecule is CS(=O)c1cccc(S(=O)(=O)Nc2cccc(S(=O)(=O)[O-])c2)c1. The largest absolute Gasteiger partial charge is 0.744 e. The zero-order chi connectivity index (χ0) is 17.3. The van der Waals surface area contributed by atoms with E-state index < -0.39 is 35.8 Å². The van der Waals surface area contributed by atoms with Crippen LogP contribution in [0.3, 0.4) is 0 Å². The minimum atomic E-state index is -4.69. The maximum atomic E-state index is 12.3. The molecule has 10 heteroatoms. The lowest BCUT2D eigenvalue weighted by Crippen LogP contribution is -2.13. The number of hydrogen-bond acceptors (Lipinski definition) is 6. The average Bonchev–Trinajstić information content (AvgIpc) is 2.46. The number of benzene rings is 2. The maximum absolute atomic E-state index is 12.3. The Balaban J connectivity index is 2.39. The van der Waals surface area contributed by atoms with Crippen LogP contribution in [-0.4, -0.2) is 31.9 Å². The van der Waals surface area contributed by atoms with Gasteiger partial charge in [0.05, 0.1) is 15.5 Å². The van der Waals surface area contributed by atoms with Crippen LogP contribution in [0, 0.1) is 0 Å². The van der Waals surface area contributed by atoms with Gasteiger partial charge < -0.3 is 4.55 Å². The van der Waals surface area contributed by atoms with Crippen LogP contribution in [0.25, 0.3) is 0 Å². The minimum absolute atomic E-state index is 0.0649. The summed E-state index contributed by atoms with van der Waals surface area (Å²) in [6, 6.07) is 10.1. The summed E-state index contributed by atoms with van der Waals surface area (Å²) < 4.78 is 71.1. The molecule has 1 atom stereocenters. The first-order valence-corrected chi connectivity index (χ1v) is 10.6. The van der Waals surface area contributed by atoms with Gasteiger partial charge in [0.25, 0.3) is 10.0 Å². The Kier molecular flexibility index (Phi) is 4.90. The molecule has 0 saturated carbocycles. The smallest absolute Gasteiger partial charge is 0.261 e. The molecule has 0 aliphatic carbocycles. The molecule has 1 N–H and O–H groups in total. The normalized spacial score (nSPS) is 13.5. The van der Waals surface area contributed by atoms with Crippen molar-refractivity contribution in [3.05, 3.63) is 48.5 Å². The van der Waals surface area contributed by atoms with Gasteiger partial charge in [-0.05, 0) is 36.4 Å². The van der Waals surface area contributed by atoms with Crippen molar-refractivity contribution in [3.63, 3.8) is 0 Å².